The number of rotatable bonds is 3. The number of halogens is 1. The van der Waals surface area contributed by atoms with E-state index in [2.05, 4.69) is 15.9 Å². The van der Waals surface area contributed by atoms with Crippen LogP contribution >= 0.6 is 15.9 Å². The molecule has 0 fully saturated rings. The number of alkyl halides is 1. The summed E-state index contributed by atoms with van der Waals surface area (Å²) < 4.78 is 0. The van der Waals surface area contributed by atoms with Crippen molar-refractivity contribution < 1.29 is 9.72 Å². The number of ketones is 1. The van der Waals surface area contributed by atoms with Crippen LogP contribution in [0.1, 0.15) is 15.9 Å². The standard InChI is InChI=1S/C9H9BrN2O3/c1-5-2-3-6(12(14)15)8(9(5)11)7(13)4-10/h2-3H,4,11H2,1H3. The normalized spacial score (nSPS) is 10.0. The van der Waals surface area contributed by atoms with Gasteiger partial charge in [-0.05, 0) is 12.5 Å². The monoisotopic (exact) mass is 272 g/mol. The number of nitro benzene ring substituents is 1. The van der Waals surface area contributed by atoms with Crippen molar-refractivity contribution >= 4 is 33.1 Å². The average molecular weight is 273 g/mol. The molecule has 1 aromatic rings. The van der Waals surface area contributed by atoms with E-state index in [1.807, 2.05) is 0 Å². The maximum atomic E-state index is 11.5. The minimum absolute atomic E-state index is 0.0154. The van der Waals surface area contributed by atoms with Crippen LogP contribution in [0.15, 0.2) is 12.1 Å². The van der Waals surface area contributed by atoms with Crippen molar-refractivity contribution in [3.05, 3.63) is 33.4 Å². The first-order valence-corrected chi connectivity index (χ1v) is 5.23. The lowest BCUT2D eigenvalue weighted by molar-refractivity contribution is -0.385. The number of nitrogen functional groups attached to an aromatic ring is 1. The molecule has 1 aromatic carbocycles. The van der Waals surface area contributed by atoms with Gasteiger partial charge in [0.15, 0.2) is 5.78 Å². The van der Waals surface area contributed by atoms with Gasteiger partial charge in [-0.3, -0.25) is 14.9 Å². The molecule has 0 heterocycles. The van der Waals surface area contributed by atoms with Crippen LogP contribution in [0.2, 0.25) is 0 Å². The van der Waals surface area contributed by atoms with Gasteiger partial charge in [-0.2, -0.15) is 0 Å². The first-order valence-electron chi connectivity index (χ1n) is 4.11. The van der Waals surface area contributed by atoms with Crippen molar-refractivity contribution in [3.63, 3.8) is 0 Å². The maximum Gasteiger partial charge on any atom is 0.282 e. The van der Waals surface area contributed by atoms with Crippen LogP contribution < -0.4 is 5.73 Å². The first kappa shape index (κ1) is 11.6. The molecule has 0 saturated heterocycles. The molecule has 0 amide bonds. The van der Waals surface area contributed by atoms with Gasteiger partial charge in [0.25, 0.3) is 5.69 Å². The molecule has 0 unspecified atom stereocenters. The second-order valence-corrected chi connectivity index (χ2v) is 3.56. The van der Waals surface area contributed by atoms with Crippen LogP contribution in [0.3, 0.4) is 0 Å². The van der Waals surface area contributed by atoms with Crippen LogP contribution in [0.25, 0.3) is 0 Å². The van der Waals surface area contributed by atoms with Gasteiger partial charge in [0.2, 0.25) is 0 Å². The summed E-state index contributed by atoms with van der Waals surface area (Å²) in [5, 5.41) is 10.7. The molecule has 80 valence electrons. The predicted octanol–water partition coefficient (Wildman–Crippen LogP) is 2.06. The third-order valence-electron chi connectivity index (χ3n) is 2.04. The Morgan fingerprint density at radius 2 is 2.20 bits per heavy atom. The fourth-order valence-electron chi connectivity index (χ4n) is 1.22. The molecule has 0 saturated carbocycles. The molecule has 0 atom stereocenters. The Hall–Kier alpha value is -1.43. The molecular weight excluding hydrogens is 264 g/mol. The molecule has 15 heavy (non-hydrogen) atoms. The number of carbonyl (C=O) groups is 1. The lowest BCUT2D eigenvalue weighted by Crippen LogP contribution is -2.09. The molecule has 0 spiro atoms. The summed E-state index contributed by atoms with van der Waals surface area (Å²) in [5.41, 5.74) is 6.22. The van der Waals surface area contributed by atoms with E-state index in [1.54, 1.807) is 6.92 Å². The Balaban J connectivity index is 3.48. The predicted molar refractivity (Wildman–Crippen MR) is 60.4 cm³/mol. The fraction of sp³-hybridized carbons (Fsp3) is 0.222. The van der Waals surface area contributed by atoms with Crippen LogP contribution in [0.5, 0.6) is 0 Å². The quantitative estimate of drug-likeness (QED) is 0.300. The van der Waals surface area contributed by atoms with Crippen LogP contribution in [-0.4, -0.2) is 16.0 Å². The van der Waals surface area contributed by atoms with Gasteiger partial charge in [-0.15, -0.1) is 0 Å². The van der Waals surface area contributed by atoms with Crippen LogP contribution in [-0.2, 0) is 0 Å². The lowest BCUT2D eigenvalue weighted by atomic mass is 10.0. The largest absolute Gasteiger partial charge is 0.398 e. The molecule has 0 aliphatic rings. The summed E-state index contributed by atoms with van der Waals surface area (Å²) in [5.74, 6) is -0.386. The zero-order valence-corrected chi connectivity index (χ0v) is 9.58. The van der Waals surface area contributed by atoms with Gasteiger partial charge in [-0.25, -0.2) is 0 Å². The Bertz CT molecular complexity index is 432. The highest BCUT2D eigenvalue weighted by Crippen LogP contribution is 2.28. The smallest absolute Gasteiger partial charge is 0.282 e. The Morgan fingerprint density at radius 1 is 1.60 bits per heavy atom. The number of nitrogens with two attached hydrogens (primary N) is 1. The molecule has 2 N–H and O–H groups in total. The summed E-state index contributed by atoms with van der Waals surface area (Å²) in [7, 11) is 0. The molecule has 0 aliphatic carbocycles. The van der Waals surface area contributed by atoms with Crippen LogP contribution in [0.4, 0.5) is 11.4 Å². The lowest BCUT2D eigenvalue weighted by Gasteiger charge is -2.06. The SMILES string of the molecule is Cc1ccc([N+](=O)[O-])c(C(=O)CBr)c1N. The Labute approximate surface area is 94.5 Å². The van der Waals surface area contributed by atoms with Crippen molar-refractivity contribution in [2.45, 2.75) is 6.92 Å². The van der Waals surface area contributed by atoms with E-state index in [0.29, 0.717) is 5.56 Å². The Kier molecular flexibility index (Phi) is 3.41. The fourth-order valence-corrected chi connectivity index (χ4v) is 1.50. The van der Waals surface area contributed by atoms with Gasteiger partial charge < -0.3 is 5.73 Å². The molecular formula is C9H9BrN2O3. The highest BCUT2D eigenvalue weighted by molar-refractivity contribution is 9.09. The van der Waals surface area contributed by atoms with Gasteiger partial charge in [-0.1, -0.05) is 22.0 Å². The molecule has 5 nitrogen and oxygen atoms in total. The van der Waals surface area contributed by atoms with Crippen molar-refractivity contribution in [1.29, 1.82) is 0 Å². The van der Waals surface area contributed by atoms with E-state index in [-0.39, 0.29) is 28.1 Å². The van der Waals surface area contributed by atoms with Crippen LogP contribution in [0, 0.1) is 17.0 Å². The van der Waals surface area contributed by atoms with Crippen molar-refractivity contribution in [3.8, 4) is 0 Å². The van der Waals surface area contributed by atoms with E-state index < -0.39 is 4.92 Å². The van der Waals surface area contributed by atoms with E-state index in [1.165, 1.54) is 12.1 Å². The number of hydrogen-bond acceptors (Lipinski definition) is 4. The average Bonchev–Trinajstić information content (AvgIpc) is 2.20. The molecule has 1 rings (SSSR count). The molecule has 0 radical (unpaired) electrons. The zero-order chi connectivity index (χ0) is 11.6. The van der Waals surface area contributed by atoms with Crippen molar-refractivity contribution in [2.75, 3.05) is 11.1 Å². The summed E-state index contributed by atoms with van der Waals surface area (Å²) in [6, 6.07) is 2.82. The minimum Gasteiger partial charge on any atom is -0.398 e. The third-order valence-corrected chi connectivity index (χ3v) is 2.55. The summed E-state index contributed by atoms with van der Waals surface area (Å²) >= 11 is 2.97. The van der Waals surface area contributed by atoms with E-state index in [0.717, 1.165) is 0 Å². The second-order valence-electron chi connectivity index (χ2n) is 3.00. The molecule has 6 heteroatoms. The number of nitro groups is 1. The molecule has 0 bridgehead atoms. The number of anilines is 1. The second kappa shape index (κ2) is 4.39. The van der Waals surface area contributed by atoms with Gasteiger partial charge >= 0.3 is 0 Å². The number of benzene rings is 1. The van der Waals surface area contributed by atoms with E-state index in [9.17, 15) is 14.9 Å². The highest BCUT2D eigenvalue weighted by atomic mass is 79.9. The number of carbonyl (C=O) groups excluding carboxylic acids is 1. The van der Waals surface area contributed by atoms with E-state index >= 15 is 0 Å². The maximum absolute atomic E-state index is 11.5. The number of hydrogen-bond donors (Lipinski definition) is 1. The summed E-state index contributed by atoms with van der Waals surface area (Å²) in [4.78, 5) is 21.6. The van der Waals surface area contributed by atoms with Crippen molar-refractivity contribution in [1.82, 2.24) is 0 Å². The minimum atomic E-state index is -0.605. The zero-order valence-electron chi connectivity index (χ0n) is 7.99. The topological polar surface area (TPSA) is 86.2 Å². The summed E-state index contributed by atoms with van der Waals surface area (Å²) in [6.45, 7) is 1.70. The van der Waals surface area contributed by atoms with E-state index in [4.69, 9.17) is 5.73 Å². The third kappa shape index (κ3) is 2.15. The summed E-state index contributed by atoms with van der Waals surface area (Å²) in [6.07, 6.45) is 0. The number of aryl methyl sites for hydroxylation is 1. The molecule has 0 aromatic heterocycles. The van der Waals surface area contributed by atoms with Crippen molar-refractivity contribution in [2.24, 2.45) is 0 Å². The first-order chi connectivity index (χ1) is 6.99. The van der Waals surface area contributed by atoms with Gasteiger partial charge in [0, 0.05) is 6.07 Å². The highest BCUT2D eigenvalue weighted by Gasteiger charge is 2.23. The Morgan fingerprint density at radius 3 is 2.67 bits per heavy atom. The van der Waals surface area contributed by atoms with Gasteiger partial charge in [0.1, 0.15) is 5.56 Å². The van der Waals surface area contributed by atoms with Gasteiger partial charge in [0.05, 0.1) is 15.9 Å². The number of nitrogens with zero attached hydrogens (tertiary/aromatic N) is 1. The number of Topliss-reactive ketones (excluding diaryl/α,β-unsaturated/α-hetero) is 1. The molecule has 0 aliphatic heterocycles.